The van der Waals surface area contributed by atoms with Crippen LogP contribution in [0.15, 0.2) is 18.2 Å². The summed E-state index contributed by atoms with van der Waals surface area (Å²) in [6, 6.07) is 6.37. The van der Waals surface area contributed by atoms with E-state index in [9.17, 15) is 0 Å². The van der Waals surface area contributed by atoms with Gasteiger partial charge in [0.05, 0.1) is 11.0 Å². The molecule has 2 N–H and O–H groups in total. The van der Waals surface area contributed by atoms with Crippen molar-refractivity contribution in [2.75, 3.05) is 5.73 Å². The van der Waals surface area contributed by atoms with Gasteiger partial charge in [-0.3, -0.25) is 0 Å². The molecule has 102 valence electrons. The number of anilines is 1. The molecule has 2 aromatic rings. The summed E-state index contributed by atoms with van der Waals surface area (Å²) in [7, 11) is 0. The average Bonchev–Trinajstić information content (AvgIpc) is 2.67. The summed E-state index contributed by atoms with van der Waals surface area (Å²) < 4.78 is 2.22. The van der Waals surface area contributed by atoms with Crippen molar-refractivity contribution >= 4 is 17.0 Å². The van der Waals surface area contributed by atoms with Crippen LogP contribution in [0, 0.1) is 12.3 Å². The fourth-order valence-corrected chi connectivity index (χ4v) is 3.36. The Morgan fingerprint density at radius 2 is 2.00 bits per heavy atom. The van der Waals surface area contributed by atoms with Crippen molar-refractivity contribution in [3.05, 3.63) is 23.8 Å². The number of rotatable bonds is 2. The molecule has 1 fully saturated rings. The Morgan fingerprint density at radius 1 is 1.26 bits per heavy atom. The number of hydrogen-bond acceptors (Lipinski definition) is 2. The Labute approximate surface area is 114 Å². The summed E-state index contributed by atoms with van der Waals surface area (Å²) in [5, 5.41) is 0. The fraction of sp³-hybridized carbons (Fsp3) is 0.562. The van der Waals surface area contributed by atoms with Crippen molar-refractivity contribution in [1.82, 2.24) is 9.55 Å². The first-order valence-corrected chi connectivity index (χ1v) is 7.30. The molecule has 0 unspecified atom stereocenters. The van der Waals surface area contributed by atoms with Crippen LogP contribution in [0.1, 0.15) is 44.6 Å². The molecule has 1 aliphatic carbocycles. The topological polar surface area (TPSA) is 43.8 Å². The first-order chi connectivity index (χ1) is 9.07. The number of hydrogen-bond donors (Lipinski definition) is 1. The normalized spacial score (nSPS) is 18.8. The number of aromatic nitrogens is 2. The second-order valence-electron chi connectivity index (χ2n) is 6.42. The molecule has 0 saturated heterocycles. The minimum Gasteiger partial charge on any atom is -0.369 e. The number of benzene rings is 1. The molecule has 3 nitrogen and oxygen atoms in total. The van der Waals surface area contributed by atoms with E-state index in [1.54, 1.807) is 0 Å². The minimum absolute atomic E-state index is 0.379. The Morgan fingerprint density at radius 3 is 2.74 bits per heavy atom. The van der Waals surface area contributed by atoms with Crippen LogP contribution >= 0.6 is 0 Å². The van der Waals surface area contributed by atoms with E-state index in [1.807, 2.05) is 0 Å². The zero-order valence-corrected chi connectivity index (χ0v) is 11.9. The van der Waals surface area contributed by atoms with Crippen LogP contribution in [0.4, 0.5) is 5.95 Å². The lowest BCUT2D eigenvalue weighted by Crippen LogP contribution is -2.26. The lowest BCUT2D eigenvalue weighted by atomic mass is 9.75. The predicted molar refractivity (Wildman–Crippen MR) is 80.1 cm³/mol. The van der Waals surface area contributed by atoms with Gasteiger partial charge in [-0.25, -0.2) is 4.98 Å². The monoisotopic (exact) mass is 257 g/mol. The standard InChI is InChI=1S/C16H23N3/c1-12-6-7-13-14(10-12)19(15(17)18-13)11-16(2)8-4-3-5-9-16/h6-7,10H,3-5,8-9,11H2,1-2H3,(H2,17,18). The molecule has 1 aliphatic rings. The van der Waals surface area contributed by atoms with Gasteiger partial charge in [0.25, 0.3) is 0 Å². The summed E-state index contributed by atoms with van der Waals surface area (Å²) in [4.78, 5) is 4.49. The second kappa shape index (κ2) is 4.55. The Kier molecular flexibility index (Phi) is 3.00. The number of aryl methyl sites for hydroxylation is 1. The van der Waals surface area contributed by atoms with E-state index in [4.69, 9.17) is 5.73 Å². The molecule has 3 rings (SSSR count). The van der Waals surface area contributed by atoms with E-state index in [0.717, 1.165) is 12.1 Å². The van der Waals surface area contributed by atoms with Crippen molar-refractivity contribution in [1.29, 1.82) is 0 Å². The zero-order chi connectivity index (χ0) is 13.5. The Bertz CT molecular complexity index is 591. The number of imidazole rings is 1. The van der Waals surface area contributed by atoms with Crippen molar-refractivity contribution in [3.63, 3.8) is 0 Å². The van der Waals surface area contributed by atoms with E-state index in [0.29, 0.717) is 11.4 Å². The quantitative estimate of drug-likeness (QED) is 0.886. The maximum absolute atomic E-state index is 6.13. The second-order valence-corrected chi connectivity index (χ2v) is 6.42. The first-order valence-electron chi connectivity index (χ1n) is 7.30. The third kappa shape index (κ3) is 2.34. The predicted octanol–water partition coefficient (Wildman–Crippen LogP) is 3.90. The SMILES string of the molecule is Cc1ccc2nc(N)n(CC3(C)CCCCC3)c2c1. The molecule has 0 spiro atoms. The molecule has 0 amide bonds. The number of nitrogen functional groups attached to an aromatic ring is 1. The van der Waals surface area contributed by atoms with Crippen LogP contribution in [0.2, 0.25) is 0 Å². The van der Waals surface area contributed by atoms with Gasteiger partial charge in [0.2, 0.25) is 5.95 Å². The summed E-state index contributed by atoms with van der Waals surface area (Å²) in [6.45, 7) is 5.52. The summed E-state index contributed by atoms with van der Waals surface area (Å²) in [5.74, 6) is 0.660. The highest BCUT2D eigenvalue weighted by Crippen LogP contribution is 2.38. The molecule has 1 saturated carbocycles. The van der Waals surface area contributed by atoms with E-state index >= 15 is 0 Å². The van der Waals surface area contributed by atoms with Gasteiger partial charge in [-0.1, -0.05) is 32.3 Å². The largest absolute Gasteiger partial charge is 0.369 e. The third-order valence-electron chi connectivity index (χ3n) is 4.53. The smallest absolute Gasteiger partial charge is 0.201 e. The third-order valence-corrected chi connectivity index (χ3v) is 4.53. The molecule has 3 heteroatoms. The van der Waals surface area contributed by atoms with E-state index in [2.05, 4.69) is 41.6 Å². The van der Waals surface area contributed by atoms with Gasteiger partial charge in [0, 0.05) is 6.54 Å². The van der Waals surface area contributed by atoms with Gasteiger partial charge in [-0.15, -0.1) is 0 Å². The first kappa shape index (κ1) is 12.5. The summed E-state index contributed by atoms with van der Waals surface area (Å²) >= 11 is 0. The molecule has 0 atom stereocenters. The zero-order valence-electron chi connectivity index (χ0n) is 11.9. The molecule has 0 bridgehead atoms. The van der Waals surface area contributed by atoms with Crippen LogP contribution in [-0.2, 0) is 6.54 Å². The number of nitrogens with two attached hydrogens (primary N) is 1. The molecule has 1 aromatic heterocycles. The maximum atomic E-state index is 6.13. The van der Waals surface area contributed by atoms with Gasteiger partial charge < -0.3 is 10.3 Å². The van der Waals surface area contributed by atoms with Gasteiger partial charge in [0.15, 0.2) is 0 Å². The molecule has 1 aromatic carbocycles. The highest BCUT2D eigenvalue weighted by Gasteiger charge is 2.28. The molecular formula is C16H23N3. The minimum atomic E-state index is 0.379. The maximum Gasteiger partial charge on any atom is 0.201 e. The number of fused-ring (bicyclic) bond motifs is 1. The van der Waals surface area contributed by atoms with Gasteiger partial charge in [-0.05, 0) is 42.9 Å². The van der Waals surface area contributed by atoms with Crippen LogP contribution in [0.5, 0.6) is 0 Å². The molecule has 0 aliphatic heterocycles. The highest BCUT2D eigenvalue weighted by molar-refractivity contribution is 5.79. The molecule has 1 heterocycles. The average molecular weight is 257 g/mol. The molecule has 19 heavy (non-hydrogen) atoms. The van der Waals surface area contributed by atoms with Crippen LogP contribution in [0.25, 0.3) is 11.0 Å². The Hall–Kier alpha value is -1.51. The molecular weight excluding hydrogens is 234 g/mol. The van der Waals surface area contributed by atoms with Gasteiger partial charge in [-0.2, -0.15) is 0 Å². The van der Waals surface area contributed by atoms with E-state index < -0.39 is 0 Å². The van der Waals surface area contributed by atoms with Crippen molar-refractivity contribution in [2.24, 2.45) is 5.41 Å². The van der Waals surface area contributed by atoms with Crippen LogP contribution in [-0.4, -0.2) is 9.55 Å². The Balaban J connectivity index is 1.99. The van der Waals surface area contributed by atoms with E-state index in [1.165, 1.54) is 43.2 Å². The lowest BCUT2D eigenvalue weighted by Gasteiger charge is -2.34. The van der Waals surface area contributed by atoms with Crippen molar-refractivity contribution in [3.8, 4) is 0 Å². The number of nitrogens with zero attached hydrogens (tertiary/aromatic N) is 2. The van der Waals surface area contributed by atoms with Gasteiger partial charge >= 0.3 is 0 Å². The summed E-state index contributed by atoms with van der Waals surface area (Å²) in [5.41, 5.74) is 9.98. The van der Waals surface area contributed by atoms with Crippen molar-refractivity contribution < 1.29 is 0 Å². The van der Waals surface area contributed by atoms with E-state index in [-0.39, 0.29) is 0 Å². The lowest BCUT2D eigenvalue weighted by molar-refractivity contribution is 0.186. The van der Waals surface area contributed by atoms with Crippen LogP contribution in [0.3, 0.4) is 0 Å². The fourth-order valence-electron chi connectivity index (χ4n) is 3.36. The molecule has 0 radical (unpaired) electrons. The van der Waals surface area contributed by atoms with Crippen LogP contribution < -0.4 is 5.73 Å². The summed E-state index contributed by atoms with van der Waals surface area (Å²) in [6.07, 6.45) is 6.69. The highest BCUT2D eigenvalue weighted by atomic mass is 15.2. The van der Waals surface area contributed by atoms with Crippen molar-refractivity contribution in [2.45, 2.75) is 52.5 Å². The van der Waals surface area contributed by atoms with Gasteiger partial charge in [0.1, 0.15) is 0 Å².